The zero-order valence-corrected chi connectivity index (χ0v) is 18.0. The summed E-state index contributed by atoms with van der Waals surface area (Å²) in [5, 5.41) is 19.3. The standard InChI is InChI=1S/C24H25N3O5/c1-3-24(2)12-22(29)26(23(24)30)14-20(27(31)16-28)15-32-21-10-8-19(9-11-21)18-6-4-17(13-25)5-7-18/h4-11,16,20,31H,3,12,14-15H2,1-2H3. The van der Waals surface area contributed by atoms with Gasteiger partial charge in [-0.05, 0) is 41.8 Å². The molecule has 8 heteroatoms. The lowest BCUT2D eigenvalue weighted by Crippen LogP contribution is -2.48. The molecule has 0 aromatic heterocycles. The second-order valence-electron chi connectivity index (χ2n) is 8.06. The quantitative estimate of drug-likeness (QED) is 0.281. The molecule has 1 heterocycles. The minimum atomic E-state index is -0.905. The Morgan fingerprint density at radius 3 is 2.28 bits per heavy atom. The van der Waals surface area contributed by atoms with E-state index in [1.165, 1.54) is 0 Å². The maximum absolute atomic E-state index is 12.7. The molecule has 1 aliphatic rings. The van der Waals surface area contributed by atoms with Gasteiger partial charge in [-0.2, -0.15) is 5.26 Å². The zero-order valence-electron chi connectivity index (χ0n) is 18.0. The number of ether oxygens (including phenoxy) is 1. The highest BCUT2D eigenvalue weighted by Gasteiger charge is 2.47. The molecule has 1 N–H and O–H groups in total. The maximum Gasteiger partial charge on any atom is 0.235 e. The summed E-state index contributed by atoms with van der Waals surface area (Å²) in [6, 6.07) is 15.5. The fourth-order valence-corrected chi connectivity index (χ4v) is 3.59. The number of nitrogens with zero attached hydrogens (tertiary/aromatic N) is 3. The molecule has 2 aromatic carbocycles. The van der Waals surface area contributed by atoms with Crippen LogP contribution >= 0.6 is 0 Å². The van der Waals surface area contributed by atoms with Crippen molar-refractivity contribution < 1.29 is 24.3 Å². The number of rotatable bonds is 9. The molecule has 8 nitrogen and oxygen atoms in total. The number of nitriles is 1. The van der Waals surface area contributed by atoms with Crippen LogP contribution in [-0.4, -0.2) is 52.6 Å². The molecule has 3 rings (SSSR count). The summed E-state index contributed by atoms with van der Waals surface area (Å²) >= 11 is 0. The highest BCUT2D eigenvalue weighted by molar-refractivity contribution is 6.05. The molecule has 1 saturated heterocycles. The first-order chi connectivity index (χ1) is 15.3. The molecular weight excluding hydrogens is 410 g/mol. The molecule has 0 bridgehead atoms. The molecule has 2 aromatic rings. The van der Waals surface area contributed by atoms with Crippen molar-refractivity contribution in [2.75, 3.05) is 13.2 Å². The van der Waals surface area contributed by atoms with E-state index in [-0.39, 0.29) is 37.8 Å². The van der Waals surface area contributed by atoms with Crippen LogP contribution in [0.3, 0.4) is 0 Å². The number of benzene rings is 2. The second kappa shape index (κ2) is 9.62. The summed E-state index contributed by atoms with van der Waals surface area (Å²) in [7, 11) is 0. The molecule has 1 fully saturated rings. The normalized spacial score (nSPS) is 18.9. The van der Waals surface area contributed by atoms with Crippen LogP contribution in [-0.2, 0) is 14.4 Å². The first-order valence-electron chi connectivity index (χ1n) is 10.3. The van der Waals surface area contributed by atoms with E-state index in [0.717, 1.165) is 16.0 Å². The van der Waals surface area contributed by atoms with E-state index in [0.29, 0.717) is 22.8 Å². The Morgan fingerprint density at radius 2 is 1.78 bits per heavy atom. The number of likely N-dealkylation sites (tertiary alicyclic amines) is 1. The molecule has 0 radical (unpaired) electrons. The predicted molar refractivity (Wildman–Crippen MR) is 115 cm³/mol. The number of hydrogen-bond acceptors (Lipinski definition) is 6. The first-order valence-corrected chi connectivity index (χ1v) is 10.3. The van der Waals surface area contributed by atoms with Crippen LogP contribution in [0.4, 0.5) is 0 Å². The third kappa shape index (κ3) is 4.79. The average Bonchev–Trinajstić information content (AvgIpc) is 3.04. The van der Waals surface area contributed by atoms with Crippen molar-refractivity contribution in [3.8, 4) is 22.9 Å². The Bertz CT molecular complexity index is 1030. The van der Waals surface area contributed by atoms with Gasteiger partial charge in [-0.25, -0.2) is 5.06 Å². The molecule has 2 unspecified atom stereocenters. The van der Waals surface area contributed by atoms with Gasteiger partial charge in [0.2, 0.25) is 18.2 Å². The smallest absolute Gasteiger partial charge is 0.235 e. The van der Waals surface area contributed by atoms with Gasteiger partial charge in [0.1, 0.15) is 18.4 Å². The molecule has 1 aliphatic heterocycles. The van der Waals surface area contributed by atoms with E-state index in [1.807, 2.05) is 31.2 Å². The monoisotopic (exact) mass is 435 g/mol. The Morgan fingerprint density at radius 1 is 1.19 bits per heavy atom. The molecule has 0 saturated carbocycles. The lowest BCUT2D eigenvalue weighted by atomic mass is 9.86. The minimum absolute atomic E-state index is 0.106. The van der Waals surface area contributed by atoms with Crippen molar-refractivity contribution in [2.45, 2.75) is 32.7 Å². The van der Waals surface area contributed by atoms with Gasteiger partial charge in [0, 0.05) is 6.42 Å². The number of hydrogen-bond donors (Lipinski definition) is 1. The van der Waals surface area contributed by atoms with Crippen molar-refractivity contribution in [3.63, 3.8) is 0 Å². The lowest BCUT2D eigenvalue weighted by molar-refractivity contribution is -0.167. The van der Waals surface area contributed by atoms with Crippen LogP contribution in [0.5, 0.6) is 5.75 Å². The topological polar surface area (TPSA) is 111 Å². The highest BCUT2D eigenvalue weighted by Crippen LogP contribution is 2.35. The van der Waals surface area contributed by atoms with Gasteiger partial charge in [0.15, 0.2) is 0 Å². The second-order valence-corrected chi connectivity index (χ2v) is 8.06. The van der Waals surface area contributed by atoms with Crippen LogP contribution in [0.15, 0.2) is 48.5 Å². The lowest BCUT2D eigenvalue weighted by Gasteiger charge is -2.27. The summed E-state index contributed by atoms with van der Waals surface area (Å²) in [4.78, 5) is 37.2. The summed E-state index contributed by atoms with van der Waals surface area (Å²) in [6.07, 6.45) is 0.864. The van der Waals surface area contributed by atoms with Gasteiger partial charge >= 0.3 is 0 Å². The predicted octanol–water partition coefficient (Wildman–Crippen LogP) is 3.00. The van der Waals surface area contributed by atoms with Crippen LogP contribution < -0.4 is 4.74 Å². The Kier molecular flexibility index (Phi) is 6.91. The van der Waals surface area contributed by atoms with Crippen molar-refractivity contribution in [1.29, 1.82) is 5.26 Å². The third-order valence-corrected chi connectivity index (χ3v) is 5.90. The fourth-order valence-electron chi connectivity index (χ4n) is 3.59. The van der Waals surface area contributed by atoms with Gasteiger partial charge < -0.3 is 4.74 Å². The van der Waals surface area contributed by atoms with Crippen molar-refractivity contribution in [3.05, 3.63) is 54.1 Å². The number of amides is 3. The fraction of sp³-hybridized carbons (Fsp3) is 0.333. The van der Waals surface area contributed by atoms with E-state index in [1.54, 1.807) is 31.2 Å². The number of carbonyl (C=O) groups is 3. The van der Waals surface area contributed by atoms with Crippen molar-refractivity contribution in [1.82, 2.24) is 9.96 Å². The largest absolute Gasteiger partial charge is 0.491 e. The van der Waals surface area contributed by atoms with Gasteiger partial charge in [-0.15, -0.1) is 0 Å². The maximum atomic E-state index is 12.7. The molecular formula is C24H25N3O5. The third-order valence-electron chi connectivity index (χ3n) is 5.90. The minimum Gasteiger partial charge on any atom is -0.491 e. The summed E-state index contributed by atoms with van der Waals surface area (Å²) in [5.41, 5.74) is 1.70. The van der Waals surface area contributed by atoms with Gasteiger partial charge in [0.05, 0.1) is 23.6 Å². The Balaban J connectivity index is 1.67. The average molecular weight is 435 g/mol. The molecule has 0 spiro atoms. The first kappa shape index (κ1) is 23.0. The highest BCUT2D eigenvalue weighted by atomic mass is 16.5. The van der Waals surface area contributed by atoms with Crippen LogP contribution in [0.2, 0.25) is 0 Å². The van der Waals surface area contributed by atoms with Gasteiger partial charge in [-0.1, -0.05) is 38.1 Å². The van der Waals surface area contributed by atoms with E-state index in [4.69, 9.17) is 10.00 Å². The van der Waals surface area contributed by atoms with Gasteiger partial charge in [-0.3, -0.25) is 24.5 Å². The van der Waals surface area contributed by atoms with E-state index in [9.17, 15) is 19.6 Å². The zero-order chi connectivity index (χ0) is 23.3. The Labute approximate surface area is 186 Å². The summed E-state index contributed by atoms with van der Waals surface area (Å²) < 4.78 is 5.72. The van der Waals surface area contributed by atoms with Crippen LogP contribution in [0.25, 0.3) is 11.1 Å². The molecule has 2 atom stereocenters. The van der Waals surface area contributed by atoms with Crippen LogP contribution in [0.1, 0.15) is 32.3 Å². The summed E-state index contributed by atoms with van der Waals surface area (Å²) in [6.45, 7) is 3.34. The number of hydroxylamine groups is 2. The Hall–Kier alpha value is -3.70. The number of carbonyl (C=O) groups excluding carboxylic acids is 3. The van der Waals surface area contributed by atoms with Crippen LogP contribution in [0, 0.1) is 16.7 Å². The molecule has 32 heavy (non-hydrogen) atoms. The summed E-state index contributed by atoms with van der Waals surface area (Å²) in [5.74, 6) is -0.124. The van der Waals surface area contributed by atoms with E-state index in [2.05, 4.69) is 6.07 Å². The molecule has 0 aliphatic carbocycles. The van der Waals surface area contributed by atoms with Crippen molar-refractivity contribution >= 4 is 18.2 Å². The molecule has 3 amide bonds. The SMILES string of the molecule is CCC1(C)CC(=O)N(CC(COc2ccc(-c3ccc(C#N)cc3)cc2)N(O)C=O)C1=O. The van der Waals surface area contributed by atoms with Gasteiger partial charge in [0.25, 0.3) is 0 Å². The number of imide groups is 1. The van der Waals surface area contributed by atoms with E-state index < -0.39 is 11.5 Å². The molecule has 166 valence electrons. The van der Waals surface area contributed by atoms with E-state index >= 15 is 0 Å². The van der Waals surface area contributed by atoms with Crippen molar-refractivity contribution in [2.24, 2.45) is 5.41 Å².